The van der Waals surface area contributed by atoms with E-state index in [1.807, 2.05) is 0 Å². The number of hydrogen-bond donors (Lipinski definition) is 1. The van der Waals surface area contributed by atoms with E-state index in [1.54, 1.807) is 5.56 Å². The number of hydrogen-bond acceptors (Lipinski definition) is 1. The van der Waals surface area contributed by atoms with Crippen molar-refractivity contribution in [2.75, 3.05) is 6.54 Å². The minimum Gasteiger partial charge on any atom is -0.312 e. The second-order valence-electron chi connectivity index (χ2n) is 3.43. The van der Waals surface area contributed by atoms with Gasteiger partial charge < -0.3 is 5.32 Å². The predicted molar refractivity (Wildman–Crippen MR) is 51.2 cm³/mol. The van der Waals surface area contributed by atoms with Crippen LogP contribution >= 0.6 is 0 Å². The largest absolute Gasteiger partial charge is 0.312 e. The Morgan fingerprint density at radius 1 is 1.42 bits per heavy atom. The van der Waals surface area contributed by atoms with Crippen LogP contribution in [0.1, 0.15) is 30.4 Å². The summed E-state index contributed by atoms with van der Waals surface area (Å²) in [5.74, 6) is 0.731. The lowest BCUT2D eigenvalue weighted by Gasteiger charge is -2.25. The molecule has 1 aromatic rings. The predicted octanol–water partition coefficient (Wildman–Crippen LogP) is 2.28. The Balaban J connectivity index is 2.37. The standard InChI is InChI=1S/C11H15N/c1-2-9-7-12-8-10-5-3-4-6-11(9)10/h3-6,9,12H,2,7-8H2,1H3. The summed E-state index contributed by atoms with van der Waals surface area (Å²) in [6.07, 6.45) is 1.24. The van der Waals surface area contributed by atoms with Crippen LogP contribution in [0.3, 0.4) is 0 Å². The van der Waals surface area contributed by atoms with E-state index in [0.717, 1.165) is 19.0 Å². The van der Waals surface area contributed by atoms with Gasteiger partial charge in [-0.25, -0.2) is 0 Å². The van der Waals surface area contributed by atoms with Crippen LogP contribution < -0.4 is 5.32 Å². The molecule has 1 aliphatic heterocycles. The molecule has 0 fully saturated rings. The summed E-state index contributed by atoms with van der Waals surface area (Å²) in [6, 6.07) is 8.76. The van der Waals surface area contributed by atoms with E-state index in [1.165, 1.54) is 12.0 Å². The summed E-state index contributed by atoms with van der Waals surface area (Å²) < 4.78 is 0. The highest BCUT2D eigenvalue weighted by Gasteiger charge is 2.16. The van der Waals surface area contributed by atoms with E-state index in [2.05, 4.69) is 36.5 Å². The van der Waals surface area contributed by atoms with Gasteiger partial charge in [0.25, 0.3) is 0 Å². The lowest BCUT2D eigenvalue weighted by Crippen LogP contribution is -2.27. The van der Waals surface area contributed by atoms with Gasteiger partial charge in [0.05, 0.1) is 0 Å². The molecule has 0 bridgehead atoms. The molecule has 12 heavy (non-hydrogen) atoms. The van der Waals surface area contributed by atoms with Gasteiger partial charge in [-0.3, -0.25) is 0 Å². The van der Waals surface area contributed by atoms with Crippen molar-refractivity contribution >= 4 is 0 Å². The first kappa shape index (κ1) is 7.81. The lowest BCUT2D eigenvalue weighted by molar-refractivity contribution is 0.530. The summed E-state index contributed by atoms with van der Waals surface area (Å²) in [5.41, 5.74) is 3.04. The highest BCUT2D eigenvalue weighted by Crippen LogP contribution is 2.25. The normalized spacial score (nSPS) is 21.9. The third-order valence-corrected chi connectivity index (χ3v) is 2.69. The fourth-order valence-corrected chi connectivity index (χ4v) is 1.95. The topological polar surface area (TPSA) is 12.0 Å². The molecule has 1 aliphatic rings. The van der Waals surface area contributed by atoms with Crippen LogP contribution in [0.5, 0.6) is 0 Å². The summed E-state index contributed by atoms with van der Waals surface area (Å²) in [5, 5.41) is 3.44. The van der Waals surface area contributed by atoms with Crippen molar-refractivity contribution in [1.82, 2.24) is 5.32 Å². The first-order valence-electron chi connectivity index (χ1n) is 4.70. The Morgan fingerprint density at radius 2 is 2.25 bits per heavy atom. The van der Waals surface area contributed by atoms with Gasteiger partial charge in [0.15, 0.2) is 0 Å². The molecule has 1 atom stereocenters. The smallest absolute Gasteiger partial charge is 0.0208 e. The second kappa shape index (κ2) is 3.28. The van der Waals surface area contributed by atoms with Crippen molar-refractivity contribution in [1.29, 1.82) is 0 Å². The Hall–Kier alpha value is -0.820. The molecule has 64 valence electrons. The molecule has 2 rings (SSSR count). The molecule has 0 aliphatic carbocycles. The molecular formula is C11H15N. The van der Waals surface area contributed by atoms with E-state index in [9.17, 15) is 0 Å². The van der Waals surface area contributed by atoms with Gasteiger partial charge in [-0.05, 0) is 23.5 Å². The third-order valence-electron chi connectivity index (χ3n) is 2.69. The highest BCUT2D eigenvalue weighted by atomic mass is 14.9. The highest BCUT2D eigenvalue weighted by molar-refractivity contribution is 5.32. The zero-order valence-electron chi connectivity index (χ0n) is 7.51. The third kappa shape index (κ3) is 1.25. The SMILES string of the molecule is CCC1CNCc2ccccc21. The number of fused-ring (bicyclic) bond motifs is 1. The van der Waals surface area contributed by atoms with Crippen molar-refractivity contribution in [3.8, 4) is 0 Å². The van der Waals surface area contributed by atoms with Crippen molar-refractivity contribution < 1.29 is 0 Å². The molecule has 1 N–H and O–H groups in total. The summed E-state index contributed by atoms with van der Waals surface area (Å²) in [6.45, 7) is 4.45. The molecule has 0 spiro atoms. The molecule has 0 saturated heterocycles. The Kier molecular flexibility index (Phi) is 2.13. The van der Waals surface area contributed by atoms with Gasteiger partial charge >= 0.3 is 0 Å². The van der Waals surface area contributed by atoms with Crippen LogP contribution in [-0.2, 0) is 6.54 Å². The van der Waals surface area contributed by atoms with Crippen molar-refractivity contribution in [3.63, 3.8) is 0 Å². The molecule has 0 saturated carbocycles. The average Bonchev–Trinajstić information content (AvgIpc) is 2.17. The average molecular weight is 161 g/mol. The summed E-state index contributed by atoms with van der Waals surface area (Å²) in [7, 11) is 0. The molecule has 0 radical (unpaired) electrons. The minimum atomic E-state index is 0.731. The molecule has 0 amide bonds. The monoisotopic (exact) mass is 161 g/mol. The summed E-state index contributed by atoms with van der Waals surface area (Å²) >= 11 is 0. The fraction of sp³-hybridized carbons (Fsp3) is 0.455. The van der Waals surface area contributed by atoms with Crippen LogP contribution in [0.25, 0.3) is 0 Å². The van der Waals surface area contributed by atoms with Gasteiger partial charge in [0.1, 0.15) is 0 Å². The molecule has 0 aromatic heterocycles. The maximum Gasteiger partial charge on any atom is 0.0208 e. The van der Waals surface area contributed by atoms with E-state index < -0.39 is 0 Å². The molecular weight excluding hydrogens is 146 g/mol. The number of nitrogens with one attached hydrogen (secondary N) is 1. The molecule has 1 nitrogen and oxygen atoms in total. The molecule has 1 unspecified atom stereocenters. The van der Waals surface area contributed by atoms with Crippen molar-refractivity contribution in [3.05, 3.63) is 35.4 Å². The number of benzene rings is 1. The lowest BCUT2D eigenvalue weighted by atomic mass is 9.89. The van der Waals surface area contributed by atoms with Crippen molar-refractivity contribution in [2.24, 2.45) is 0 Å². The zero-order valence-corrected chi connectivity index (χ0v) is 7.51. The van der Waals surface area contributed by atoms with E-state index in [0.29, 0.717) is 0 Å². The van der Waals surface area contributed by atoms with E-state index >= 15 is 0 Å². The molecule has 1 heterocycles. The van der Waals surface area contributed by atoms with Gasteiger partial charge in [0.2, 0.25) is 0 Å². The van der Waals surface area contributed by atoms with E-state index in [4.69, 9.17) is 0 Å². The van der Waals surface area contributed by atoms with Crippen molar-refractivity contribution in [2.45, 2.75) is 25.8 Å². The Labute approximate surface area is 73.8 Å². The fourth-order valence-electron chi connectivity index (χ4n) is 1.95. The minimum absolute atomic E-state index is 0.731. The van der Waals surface area contributed by atoms with Gasteiger partial charge in [-0.15, -0.1) is 0 Å². The summed E-state index contributed by atoms with van der Waals surface area (Å²) in [4.78, 5) is 0. The van der Waals surface area contributed by atoms with Gasteiger partial charge in [-0.2, -0.15) is 0 Å². The van der Waals surface area contributed by atoms with Crippen LogP contribution in [0.15, 0.2) is 24.3 Å². The van der Waals surface area contributed by atoms with Crippen LogP contribution in [0.2, 0.25) is 0 Å². The second-order valence-corrected chi connectivity index (χ2v) is 3.43. The van der Waals surface area contributed by atoms with Gasteiger partial charge in [0, 0.05) is 13.1 Å². The quantitative estimate of drug-likeness (QED) is 0.666. The zero-order chi connectivity index (χ0) is 8.39. The van der Waals surface area contributed by atoms with Gasteiger partial charge in [-0.1, -0.05) is 31.2 Å². The first-order chi connectivity index (χ1) is 5.92. The van der Waals surface area contributed by atoms with Crippen LogP contribution in [0, 0.1) is 0 Å². The maximum atomic E-state index is 3.44. The number of rotatable bonds is 1. The Bertz CT molecular complexity index is 267. The molecule has 1 aromatic carbocycles. The molecule has 1 heteroatoms. The van der Waals surface area contributed by atoms with Crippen LogP contribution in [-0.4, -0.2) is 6.54 Å². The Morgan fingerprint density at radius 3 is 3.08 bits per heavy atom. The van der Waals surface area contributed by atoms with Crippen LogP contribution in [0.4, 0.5) is 0 Å². The first-order valence-corrected chi connectivity index (χ1v) is 4.70. The maximum absolute atomic E-state index is 3.44. The van der Waals surface area contributed by atoms with E-state index in [-0.39, 0.29) is 0 Å².